The summed E-state index contributed by atoms with van der Waals surface area (Å²) in [5.74, 6) is 0.827. The number of benzene rings is 3. The van der Waals surface area contributed by atoms with Crippen LogP contribution in [0.15, 0.2) is 97.6 Å². The van der Waals surface area contributed by atoms with E-state index in [1.54, 1.807) is 0 Å². The lowest BCUT2D eigenvalue weighted by molar-refractivity contribution is 0.00578. The van der Waals surface area contributed by atoms with E-state index in [0.717, 1.165) is 39.9 Å². The van der Waals surface area contributed by atoms with E-state index in [2.05, 4.69) is 88.9 Å². The fourth-order valence-electron chi connectivity index (χ4n) is 4.09. The van der Waals surface area contributed by atoms with Gasteiger partial charge in [0.2, 0.25) is 0 Å². The zero-order valence-corrected chi connectivity index (χ0v) is 20.6. The highest BCUT2D eigenvalue weighted by Gasteiger charge is 2.53. The molecular weight excluding hydrogens is 419 g/mol. The van der Waals surface area contributed by atoms with Crippen molar-refractivity contribution in [2.45, 2.75) is 45.3 Å². The third-order valence-corrected chi connectivity index (χ3v) is 6.64. The van der Waals surface area contributed by atoms with Crippen LogP contribution in [0.25, 0.3) is 11.0 Å². The molecule has 3 aromatic carbocycles. The molecule has 4 heteroatoms. The topological polar surface area (TPSA) is 27.7 Å². The Labute approximate surface area is 204 Å². The molecule has 0 spiro atoms. The molecule has 3 aromatic rings. The van der Waals surface area contributed by atoms with Crippen LogP contribution >= 0.6 is 0 Å². The smallest absolute Gasteiger partial charge is 0.493 e. The van der Waals surface area contributed by atoms with Crippen molar-refractivity contribution in [3.63, 3.8) is 0 Å². The van der Waals surface area contributed by atoms with Gasteiger partial charge >= 0.3 is 7.12 Å². The van der Waals surface area contributed by atoms with Crippen LogP contribution in [0.5, 0.6) is 5.75 Å². The highest BCUT2D eigenvalue weighted by Crippen LogP contribution is 2.45. The molecule has 1 aliphatic rings. The number of rotatable bonds is 8. The van der Waals surface area contributed by atoms with Crippen LogP contribution in [0, 0.1) is 0 Å². The Balaban J connectivity index is 1.99. The van der Waals surface area contributed by atoms with Crippen LogP contribution in [0.2, 0.25) is 0 Å². The summed E-state index contributed by atoms with van der Waals surface area (Å²) in [5.41, 5.74) is 4.26. The van der Waals surface area contributed by atoms with Gasteiger partial charge in [0.1, 0.15) is 5.75 Å². The van der Waals surface area contributed by atoms with Crippen molar-refractivity contribution >= 4 is 18.2 Å². The van der Waals surface area contributed by atoms with Crippen molar-refractivity contribution < 1.29 is 14.0 Å². The summed E-state index contributed by atoms with van der Waals surface area (Å²) in [6, 6.07) is 29.0. The minimum atomic E-state index is -0.538. The van der Waals surface area contributed by atoms with Crippen LogP contribution in [-0.2, 0) is 9.31 Å². The first-order valence-corrected chi connectivity index (χ1v) is 11.9. The fourth-order valence-corrected chi connectivity index (χ4v) is 4.09. The Bertz CT molecular complexity index is 1130. The number of hydrogen-bond donors (Lipinski definition) is 0. The summed E-state index contributed by atoms with van der Waals surface area (Å²) in [6.45, 7) is 12.7. The molecule has 174 valence electrons. The molecule has 0 saturated carbocycles. The second-order valence-corrected chi connectivity index (χ2v) is 9.53. The number of para-hydroxylation sites is 1. The van der Waals surface area contributed by atoms with E-state index in [4.69, 9.17) is 14.0 Å². The van der Waals surface area contributed by atoms with E-state index >= 15 is 0 Å². The van der Waals surface area contributed by atoms with E-state index < -0.39 is 18.3 Å². The summed E-state index contributed by atoms with van der Waals surface area (Å²) in [5, 5.41) is 0. The van der Waals surface area contributed by atoms with Gasteiger partial charge in [0.15, 0.2) is 0 Å². The second kappa shape index (κ2) is 10.0. The van der Waals surface area contributed by atoms with Crippen molar-refractivity contribution in [3.8, 4) is 5.75 Å². The normalized spacial score (nSPS) is 17.2. The maximum atomic E-state index is 6.61. The molecule has 0 radical (unpaired) electrons. The van der Waals surface area contributed by atoms with E-state index in [1.807, 2.05) is 36.4 Å². The van der Waals surface area contributed by atoms with E-state index in [-0.39, 0.29) is 0 Å². The summed E-state index contributed by atoms with van der Waals surface area (Å²) < 4.78 is 19.4. The van der Waals surface area contributed by atoms with Gasteiger partial charge in [-0.05, 0) is 62.4 Å². The van der Waals surface area contributed by atoms with Gasteiger partial charge in [-0.3, -0.25) is 0 Å². The van der Waals surface area contributed by atoms with Crippen molar-refractivity contribution in [2.75, 3.05) is 6.61 Å². The van der Waals surface area contributed by atoms with Crippen LogP contribution in [0.4, 0.5) is 0 Å². The standard InChI is InChI=1S/C30H33BO3/c1-6-7-22-32-26-21-15-14-20-25(26)27(23-16-10-8-11-17-23)28(24-18-12-9-13-19-24)31-33-29(2,3)30(4,5)34-31/h6,8-21H,1,7,22H2,2-5H3/b28-27+. The highest BCUT2D eigenvalue weighted by molar-refractivity contribution is 6.71. The average Bonchev–Trinajstić information content (AvgIpc) is 3.05. The first kappa shape index (κ1) is 24.1. The minimum absolute atomic E-state index is 0.459. The predicted octanol–water partition coefficient (Wildman–Crippen LogP) is 7.23. The molecule has 4 rings (SSSR count). The molecule has 1 heterocycles. The molecule has 0 N–H and O–H groups in total. The van der Waals surface area contributed by atoms with Gasteiger partial charge in [0, 0.05) is 5.56 Å². The van der Waals surface area contributed by atoms with Crippen molar-refractivity contribution in [3.05, 3.63) is 114 Å². The third-order valence-electron chi connectivity index (χ3n) is 6.64. The lowest BCUT2D eigenvalue weighted by Gasteiger charge is -2.32. The molecule has 1 aliphatic heterocycles. The third kappa shape index (κ3) is 4.89. The molecule has 0 aromatic heterocycles. The Morgan fingerprint density at radius 2 is 1.32 bits per heavy atom. The van der Waals surface area contributed by atoms with Gasteiger partial charge in [0.25, 0.3) is 0 Å². The highest BCUT2D eigenvalue weighted by atomic mass is 16.7. The molecule has 1 saturated heterocycles. The van der Waals surface area contributed by atoms with Crippen molar-refractivity contribution in [1.29, 1.82) is 0 Å². The molecule has 0 unspecified atom stereocenters. The van der Waals surface area contributed by atoms with Gasteiger partial charge in [-0.2, -0.15) is 0 Å². The molecule has 1 fully saturated rings. The Hall–Kier alpha value is -3.08. The lowest BCUT2D eigenvalue weighted by Crippen LogP contribution is -2.41. The zero-order chi connectivity index (χ0) is 24.2. The minimum Gasteiger partial charge on any atom is -0.493 e. The van der Waals surface area contributed by atoms with Gasteiger partial charge < -0.3 is 14.0 Å². The second-order valence-electron chi connectivity index (χ2n) is 9.53. The summed E-state index contributed by atoms with van der Waals surface area (Å²) >= 11 is 0. The molecule has 0 amide bonds. The first-order chi connectivity index (χ1) is 16.3. The van der Waals surface area contributed by atoms with E-state index in [0.29, 0.717) is 6.61 Å². The first-order valence-electron chi connectivity index (χ1n) is 11.9. The summed E-state index contributed by atoms with van der Waals surface area (Å²) in [6.07, 6.45) is 2.65. The average molecular weight is 452 g/mol. The van der Waals surface area contributed by atoms with Crippen LogP contribution in [0.3, 0.4) is 0 Å². The van der Waals surface area contributed by atoms with E-state index in [9.17, 15) is 0 Å². The van der Waals surface area contributed by atoms with E-state index in [1.165, 1.54) is 0 Å². The summed E-state index contributed by atoms with van der Waals surface area (Å²) in [4.78, 5) is 0. The Kier molecular flexibility index (Phi) is 7.11. The Morgan fingerprint density at radius 3 is 1.91 bits per heavy atom. The largest absolute Gasteiger partial charge is 0.496 e. The molecule has 3 nitrogen and oxygen atoms in total. The van der Waals surface area contributed by atoms with Crippen LogP contribution < -0.4 is 4.74 Å². The molecule has 0 aliphatic carbocycles. The van der Waals surface area contributed by atoms with Gasteiger partial charge in [-0.25, -0.2) is 0 Å². The number of hydrogen-bond acceptors (Lipinski definition) is 3. The maximum Gasteiger partial charge on any atom is 0.496 e. The SMILES string of the molecule is C=CCCOc1ccccc1/C(=C(/B1OC(C)(C)C(C)(C)O1)c1ccccc1)c1ccccc1. The van der Waals surface area contributed by atoms with Crippen molar-refractivity contribution in [2.24, 2.45) is 0 Å². The zero-order valence-electron chi connectivity index (χ0n) is 20.6. The molecule has 0 atom stereocenters. The fraction of sp³-hybridized carbons (Fsp3) is 0.267. The summed E-state index contributed by atoms with van der Waals surface area (Å²) in [7, 11) is -0.538. The predicted molar refractivity (Wildman–Crippen MR) is 142 cm³/mol. The Morgan fingerprint density at radius 1 is 0.794 bits per heavy atom. The van der Waals surface area contributed by atoms with Gasteiger partial charge in [0.05, 0.1) is 17.8 Å². The quantitative estimate of drug-likeness (QED) is 0.156. The monoisotopic (exact) mass is 452 g/mol. The maximum absolute atomic E-state index is 6.61. The van der Waals surface area contributed by atoms with Crippen LogP contribution in [-0.4, -0.2) is 24.9 Å². The van der Waals surface area contributed by atoms with Gasteiger partial charge in [-0.15, -0.1) is 6.58 Å². The molecule has 0 bridgehead atoms. The lowest BCUT2D eigenvalue weighted by atomic mass is 9.68. The van der Waals surface area contributed by atoms with Gasteiger partial charge in [-0.1, -0.05) is 84.9 Å². The molecule has 34 heavy (non-hydrogen) atoms. The number of ether oxygens (including phenoxy) is 1. The molecular formula is C30H33BO3. The van der Waals surface area contributed by atoms with Crippen molar-refractivity contribution in [1.82, 2.24) is 0 Å². The van der Waals surface area contributed by atoms with Crippen LogP contribution in [0.1, 0.15) is 50.8 Å².